The molecule has 1 heterocycles. The fourth-order valence-electron chi connectivity index (χ4n) is 3.16. The molecule has 118 valence electrons. The minimum absolute atomic E-state index is 0.117. The molecule has 1 aliphatic carbocycles. The summed E-state index contributed by atoms with van der Waals surface area (Å²) >= 11 is 0. The molecular weight excluding hydrogens is 287 g/mol. The van der Waals surface area contributed by atoms with E-state index >= 15 is 0 Å². The van der Waals surface area contributed by atoms with Gasteiger partial charge in [0, 0.05) is 19.1 Å². The number of nitrogens with zero attached hydrogens (tertiary/aromatic N) is 1. The lowest BCUT2D eigenvalue weighted by molar-refractivity contribution is -0.141. The van der Waals surface area contributed by atoms with Gasteiger partial charge in [-0.05, 0) is 42.9 Å². The lowest BCUT2D eigenvalue weighted by Gasteiger charge is -2.37. The van der Waals surface area contributed by atoms with E-state index in [0.29, 0.717) is 18.9 Å². The van der Waals surface area contributed by atoms with E-state index in [1.54, 1.807) is 17.0 Å². The highest BCUT2D eigenvalue weighted by Crippen LogP contribution is 2.37. The summed E-state index contributed by atoms with van der Waals surface area (Å²) in [6, 6.07) is 6.43. The fourth-order valence-corrected chi connectivity index (χ4v) is 3.16. The van der Waals surface area contributed by atoms with E-state index in [4.69, 9.17) is 5.11 Å². The van der Waals surface area contributed by atoms with E-state index in [1.807, 2.05) is 0 Å². The van der Waals surface area contributed by atoms with Gasteiger partial charge in [-0.2, -0.15) is 0 Å². The van der Waals surface area contributed by atoms with Crippen molar-refractivity contribution in [3.05, 3.63) is 35.6 Å². The number of urea groups is 1. The average molecular weight is 306 g/mol. The molecule has 6 heteroatoms. The molecule has 2 aliphatic rings. The topological polar surface area (TPSA) is 69.6 Å². The van der Waals surface area contributed by atoms with E-state index in [-0.39, 0.29) is 24.4 Å². The maximum absolute atomic E-state index is 12.9. The van der Waals surface area contributed by atoms with E-state index < -0.39 is 11.9 Å². The Morgan fingerprint density at radius 2 is 1.91 bits per heavy atom. The molecule has 1 aliphatic heterocycles. The number of carboxylic acids is 1. The maximum atomic E-state index is 12.9. The van der Waals surface area contributed by atoms with Crippen molar-refractivity contribution in [3.63, 3.8) is 0 Å². The van der Waals surface area contributed by atoms with Gasteiger partial charge in [-0.3, -0.25) is 4.79 Å². The van der Waals surface area contributed by atoms with E-state index in [0.717, 1.165) is 18.4 Å². The second-order valence-corrected chi connectivity index (χ2v) is 6.14. The lowest BCUT2D eigenvalue weighted by Crippen LogP contribution is -2.48. The summed E-state index contributed by atoms with van der Waals surface area (Å²) in [6.07, 6.45) is 2.20. The fraction of sp³-hybridized carbons (Fsp3) is 0.500. The van der Waals surface area contributed by atoms with Gasteiger partial charge in [0.1, 0.15) is 5.82 Å². The number of halogens is 1. The Kier molecular flexibility index (Phi) is 4.00. The first-order chi connectivity index (χ1) is 10.5. The summed E-state index contributed by atoms with van der Waals surface area (Å²) in [5.41, 5.74) is 1.10. The van der Waals surface area contributed by atoms with E-state index in [2.05, 4.69) is 5.32 Å². The molecule has 0 spiro atoms. The van der Waals surface area contributed by atoms with E-state index in [9.17, 15) is 14.0 Å². The van der Waals surface area contributed by atoms with Gasteiger partial charge in [0.05, 0.1) is 5.92 Å². The summed E-state index contributed by atoms with van der Waals surface area (Å²) in [6.45, 7) is 0.784. The number of rotatable bonds is 3. The van der Waals surface area contributed by atoms with Crippen LogP contribution >= 0.6 is 0 Å². The van der Waals surface area contributed by atoms with Crippen molar-refractivity contribution < 1.29 is 19.1 Å². The highest BCUT2D eigenvalue weighted by molar-refractivity contribution is 5.77. The zero-order valence-corrected chi connectivity index (χ0v) is 12.2. The third-order valence-electron chi connectivity index (χ3n) is 4.63. The van der Waals surface area contributed by atoms with Gasteiger partial charge >= 0.3 is 12.0 Å². The number of amides is 2. The molecule has 1 saturated carbocycles. The first-order valence-corrected chi connectivity index (χ1v) is 7.56. The van der Waals surface area contributed by atoms with Crippen LogP contribution in [0.4, 0.5) is 9.18 Å². The van der Waals surface area contributed by atoms with Crippen LogP contribution in [0.5, 0.6) is 0 Å². The molecule has 0 aromatic heterocycles. The molecule has 1 unspecified atom stereocenters. The number of hydrogen-bond donors (Lipinski definition) is 2. The molecule has 1 atom stereocenters. The van der Waals surface area contributed by atoms with Gasteiger partial charge in [-0.25, -0.2) is 9.18 Å². The van der Waals surface area contributed by atoms with Crippen molar-refractivity contribution in [1.29, 1.82) is 0 Å². The van der Waals surface area contributed by atoms with Gasteiger partial charge in [-0.1, -0.05) is 12.1 Å². The summed E-state index contributed by atoms with van der Waals surface area (Å²) in [5, 5.41) is 11.9. The number of carbonyl (C=O) groups is 2. The Balaban J connectivity index is 1.45. The Morgan fingerprint density at radius 1 is 1.23 bits per heavy atom. The van der Waals surface area contributed by atoms with Gasteiger partial charge in [-0.15, -0.1) is 0 Å². The molecule has 0 bridgehead atoms. The minimum Gasteiger partial charge on any atom is -0.481 e. The van der Waals surface area contributed by atoms with Crippen LogP contribution < -0.4 is 5.32 Å². The number of hydrogen-bond acceptors (Lipinski definition) is 2. The number of carboxylic acid groups (broad SMARTS) is 1. The summed E-state index contributed by atoms with van der Waals surface area (Å²) in [5.74, 6) is -1.17. The Labute approximate surface area is 128 Å². The third kappa shape index (κ3) is 3.05. The van der Waals surface area contributed by atoms with Crippen molar-refractivity contribution in [1.82, 2.24) is 10.2 Å². The third-order valence-corrected chi connectivity index (χ3v) is 4.63. The normalized spacial score (nSPS) is 27.3. The number of nitrogens with one attached hydrogen (secondary N) is 1. The van der Waals surface area contributed by atoms with Gasteiger partial charge in [0.2, 0.25) is 0 Å². The second-order valence-electron chi connectivity index (χ2n) is 6.14. The van der Waals surface area contributed by atoms with Crippen LogP contribution in [0.15, 0.2) is 24.3 Å². The Morgan fingerprint density at radius 3 is 2.50 bits per heavy atom. The van der Waals surface area contributed by atoms with Gasteiger partial charge in [0.25, 0.3) is 0 Å². The van der Waals surface area contributed by atoms with Crippen molar-refractivity contribution in [3.8, 4) is 0 Å². The van der Waals surface area contributed by atoms with Crippen molar-refractivity contribution in [2.45, 2.75) is 31.2 Å². The summed E-state index contributed by atoms with van der Waals surface area (Å²) in [4.78, 5) is 24.5. The van der Waals surface area contributed by atoms with Crippen molar-refractivity contribution >= 4 is 12.0 Å². The number of benzene rings is 1. The number of likely N-dealkylation sites (tertiary alicyclic amines) is 1. The molecule has 1 saturated heterocycles. The molecule has 1 aromatic carbocycles. The first-order valence-electron chi connectivity index (χ1n) is 7.56. The first kappa shape index (κ1) is 14.8. The molecule has 2 amide bonds. The van der Waals surface area contributed by atoms with Gasteiger partial charge in [0.15, 0.2) is 0 Å². The largest absolute Gasteiger partial charge is 0.481 e. The van der Waals surface area contributed by atoms with Crippen LogP contribution in [-0.4, -0.2) is 41.1 Å². The van der Waals surface area contributed by atoms with Crippen LogP contribution in [0, 0.1) is 11.7 Å². The molecule has 5 nitrogen and oxygen atoms in total. The van der Waals surface area contributed by atoms with Crippen LogP contribution in [0.2, 0.25) is 0 Å². The smallest absolute Gasteiger partial charge is 0.317 e. The molecule has 1 aromatic rings. The minimum atomic E-state index is -0.838. The number of aliphatic carboxylic acids is 1. The molecule has 22 heavy (non-hydrogen) atoms. The van der Waals surface area contributed by atoms with Gasteiger partial charge < -0.3 is 15.3 Å². The number of carbonyl (C=O) groups excluding carboxylic acids is 1. The Hall–Kier alpha value is -2.11. The SMILES string of the molecule is O=C(O)C1CCN(C(=O)NC2CC(c3ccc(F)cc3)C2)C1. The van der Waals surface area contributed by atoms with Crippen molar-refractivity contribution in [2.24, 2.45) is 5.92 Å². The zero-order valence-electron chi connectivity index (χ0n) is 12.2. The van der Waals surface area contributed by atoms with Crippen LogP contribution in [0.25, 0.3) is 0 Å². The lowest BCUT2D eigenvalue weighted by atomic mass is 9.76. The average Bonchev–Trinajstić information content (AvgIpc) is 2.93. The Bertz CT molecular complexity index is 569. The van der Waals surface area contributed by atoms with Crippen LogP contribution in [0.3, 0.4) is 0 Å². The molecule has 2 fully saturated rings. The predicted octanol–water partition coefficient (Wildman–Crippen LogP) is 2.19. The quantitative estimate of drug-likeness (QED) is 0.899. The molecule has 0 radical (unpaired) electrons. The summed E-state index contributed by atoms with van der Waals surface area (Å²) < 4.78 is 12.9. The highest BCUT2D eigenvalue weighted by Gasteiger charge is 2.35. The maximum Gasteiger partial charge on any atom is 0.317 e. The molecule has 2 N–H and O–H groups in total. The molecule has 3 rings (SSSR count). The van der Waals surface area contributed by atoms with Crippen molar-refractivity contribution in [2.75, 3.05) is 13.1 Å². The monoisotopic (exact) mass is 306 g/mol. The zero-order chi connectivity index (χ0) is 15.7. The second kappa shape index (κ2) is 5.94. The predicted molar refractivity (Wildman–Crippen MR) is 78.0 cm³/mol. The highest BCUT2D eigenvalue weighted by atomic mass is 19.1. The van der Waals surface area contributed by atoms with E-state index in [1.165, 1.54) is 12.1 Å². The summed E-state index contributed by atoms with van der Waals surface area (Å²) in [7, 11) is 0. The van der Waals surface area contributed by atoms with Crippen LogP contribution in [-0.2, 0) is 4.79 Å². The van der Waals surface area contributed by atoms with Crippen LogP contribution in [0.1, 0.15) is 30.7 Å². The molecular formula is C16H19FN2O3. The standard InChI is InChI=1S/C16H19FN2O3/c17-13-3-1-10(2-4-13)12-7-14(8-12)18-16(22)19-6-5-11(9-19)15(20)21/h1-4,11-12,14H,5-9H2,(H,18,22)(H,20,21).